The number of rotatable bonds is 8. The first-order valence-electron chi connectivity index (χ1n) is 9.55. The molecule has 3 aromatic heterocycles. The minimum Gasteiger partial charge on any atom is -0.364 e. The standard InChI is InChI=1S/C18H17F4N7O4/c19-16(20)32-7-13-12(6-33-27-13)15(30)23-3-11-5-29-14(26-11)1-10(2-25-29)4-28-9-18(21,22)8-24-17(28)31/h1-2,5-6,16H,3-4,7-9H2,(H,23,30)(H,24,31). The summed E-state index contributed by atoms with van der Waals surface area (Å²) in [6.45, 7) is -5.14. The molecule has 2 N–H and O–H groups in total. The Kier molecular flexibility index (Phi) is 6.13. The maximum Gasteiger partial charge on any atom is 0.345 e. The summed E-state index contributed by atoms with van der Waals surface area (Å²) in [6.07, 6.45) is 3.97. The van der Waals surface area contributed by atoms with Crippen LogP contribution in [0.5, 0.6) is 0 Å². The number of nitrogens with one attached hydrogen (secondary N) is 2. The second-order valence-corrected chi connectivity index (χ2v) is 7.20. The van der Waals surface area contributed by atoms with E-state index in [0.717, 1.165) is 11.2 Å². The molecule has 4 heterocycles. The van der Waals surface area contributed by atoms with Gasteiger partial charge in [0.25, 0.3) is 11.8 Å². The molecule has 11 nitrogen and oxygen atoms in total. The highest BCUT2D eigenvalue weighted by molar-refractivity contribution is 5.94. The van der Waals surface area contributed by atoms with Crippen molar-refractivity contribution in [1.29, 1.82) is 0 Å². The van der Waals surface area contributed by atoms with Crippen LogP contribution >= 0.6 is 0 Å². The molecule has 1 fully saturated rings. The average molecular weight is 471 g/mol. The molecule has 0 spiro atoms. The van der Waals surface area contributed by atoms with Gasteiger partial charge in [-0.2, -0.15) is 13.9 Å². The van der Waals surface area contributed by atoms with Gasteiger partial charge in [0.2, 0.25) is 0 Å². The molecule has 3 aromatic rings. The van der Waals surface area contributed by atoms with Crippen molar-refractivity contribution in [2.75, 3.05) is 13.1 Å². The lowest BCUT2D eigenvalue weighted by atomic mass is 10.2. The number of imidazole rings is 1. The number of halogens is 4. The molecular weight excluding hydrogens is 454 g/mol. The number of fused-ring (bicyclic) bond motifs is 1. The molecule has 0 aliphatic carbocycles. The first kappa shape index (κ1) is 22.4. The van der Waals surface area contributed by atoms with Crippen LogP contribution in [-0.2, 0) is 24.4 Å². The highest BCUT2D eigenvalue weighted by Gasteiger charge is 2.38. The Morgan fingerprint density at radius 3 is 3.00 bits per heavy atom. The number of ether oxygens (including phenoxy) is 1. The normalized spacial score (nSPS) is 15.8. The van der Waals surface area contributed by atoms with Gasteiger partial charge in [-0.3, -0.25) is 4.79 Å². The fourth-order valence-corrected chi connectivity index (χ4v) is 3.16. The minimum absolute atomic E-state index is 0.0292. The summed E-state index contributed by atoms with van der Waals surface area (Å²) >= 11 is 0. The van der Waals surface area contributed by atoms with Gasteiger partial charge in [-0.05, 0) is 11.6 Å². The Labute approximate surface area is 182 Å². The van der Waals surface area contributed by atoms with E-state index in [-0.39, 0.29) is 24.3 Å². The smallest absolute Gasteiger partial charge is 0.345 e. The zero-order valence-corrected chi connectivity index (χ0v) is 16.8. The number of alkyl halides is 4. The number of urea groups is 1. The summed E-state index contributed by atoms with van der Waals surface area (Å²) < 4.78 is 61.7. The van der Waals surface area contributed by atoms with Gasteiger partial charge >= 0.3 is 12.6 Å². The van der Waals surface area contributed by atoms with E-state index in [1.165, 1.54) is 16.9 Å². The van der Waals surface area contributed by atoms with Crippen molar-refractivity contribution < 1.29 is 36.4 Å². The molecule has 3 amide bonds. The molecule has 0 aromatic carbocycles. The van der Waals surface area contributed by atoms with Gasteiger partial charge in [0.1, 0.15) is 17.5 Å². The van der Waals surface area contributed by atoms with Gasteiger partial charge in [-0.15, -0.1) is 0 Å². The lowest BCUT2D eigenvalue weighted by molar-refractivity contribution is -0.138. The second kappa shape index (κ2) is 9.01. The second-order valence-electron chi connectivity index (χ2n) is 7.20. The number of aromatic nitrogens is 4. The summed E-state index contributed by atoms with van der Waals surface area (Å²) in [5.41, 5.74) is 1.14. The Morgan fingerprint density at radius 1 is 1.39 bits per heavy atom. The summed E-state index contributed by atoms with van der Waals surface area (Å²) in [5.74, 6) is -3.66. The Morgan fingerprint density at radius 2 is 2.21 bits per heavy atom. The Hall–Kier alpha value is -3.75. The van der Waals surface area contributed by atoms with Crippen molar-refractivity contribution in [3.05, 3.63) is 47.2 Å². The topological polar surface area (TPSA) is 127 Å². The molecule has 176 valence electrons. The van der Waals surface area contributed by atoms with Crippen LogP contribution in [0.25, 0.3) is 5.65 Å². The van der Waals surface area contributed by atoms with Crippen LogP contribution in [0.3, 0.4) is 0 Å². The highest BCUT2D eigenvalue weighted by atomic mass is 19.3. The molecule has 0 radical (unpaired) electrons. The van der Waals surface area contributed by atoms with Crippen LogP contribution < -0.4 is 10.6 Å². The van der Waals surface area contributed by atoms with E-state index >= 15 is 0 Å². The Bertz CT molecular complexity index is 1170. The third-order valence-electron chi connectivity index (χ3n) is 4.67. The molecule has 1 aliphatic rings. The molecule has 1 aliphatic heterocycles. The predicted octanol–water partition coefficient (Wildman–Crippen LogP) is 1.55. The van der Waals surface area contributed by atoms with Crippen molar-refractivity contribution in [3.8, 4) is 0 Å². The van der Waals surface area contributed by atoms with Crippen LogP contribution in [0.1, 0.15) is 27.3 Å². The first-order valence-corrected chi connectivity index (χ1v) is 9.55. The molecular formula is C18H17F4N7O4. The fraction of sp³-hybridized carbons (Fsp3) is 0.389. The average Bonchev–Trinajstić information content (AvgIpc) is 3.39. The molecule has 4 rings (SSSR count). The number of amides is 3. The largest absolute Gasteiger partial charge is 0.364 e. The van der Waals surface area contributed by atoms with Crippen LogP contribution in [0, 0.1) is 0 Å². The maximum absolute atomic E-state index is 13.6. The molecule has 0 atom stereocenters. The van der Waals surface area contributed by atoms with Crippen LogP contribution in [0.15, 0.2) is 29.2 Å². The van der Waals surface area contributed by atoms with Gasteiger partial charge < -0.3 is 24.8 Å². The van der Waals surface area contributed by atoms with Gasteiger partial charge in [0.15, 0.2) is 5.65 Å². The van der Waals surface area contributed by atoms with E-state index in [2.05, 4.69) is 35.1 Å². The number of hydrogen-bond donors (Lipinski definition) is 2. The zero-order chi connectivity index (χ0) is 23.6. The Balaban J connectivity index is 1.39. The van der Waals surface area contributed by atoms with Crippen molar-refractivity contribution in [2.45, 2.75) is 32.2 Å². The zero-order valence-electron chi connectivity index (χ0n) is 16.8. The highest BCUT2D eigenvalue weighted by Crippen LogP contribution is 2.20. The third-order valence-corrected chi connectivity index (χ3v) is 4.67. The van der Waals surface area contributed by atoms with Gasteiger partial charge in [-0.25, -0.2) is 23.1 Å². The number of carbonyl (C=O) groups excluding carboxylic acids is 2. The molecule has 15 heteroatoms. The number of carbonyl (C=O) groups is 2. The van der Waals surface area contributed by atoms with Crippen LogP contribution in [0.2, 0.25) is 0 Å². The van der Waals surface area contributed by atoms with Crippen molar-refractivity contribution in [2.24, 2.45) is 0 Å². The number of nitrogens with zero attached hydrogens (tertiary/aromatic N) is 5. The van der Waals surface area contributed by atoms with Crippen molar-refractivity contribution >= 4 is 17.6 Å². The predicted molar refractivity (Wildman–Crippen MR) is 100 cm³/mol. The fourth-order valence-electron chi connectivity index (χ4n) is 3.16. The molecule has 33 heavy (non-hydrogen) atoms. The van der Waals surface area contributed by atoms with E-state index in [1.807, 2.05) is 0 Å². The summed E-state index contributed by atoms with van der Waals surface area (Å²) in [4.78, 5) is 29.4. The van der Waals surface area contributed by atoms with Crippen molar-refractivity contribution in [3.63, 3.8) is 0 Å². The monoisotopic (exact) mass is 471 g/mol. The van der Waals surface area contributed by atoms with E-state index in [1.54, 1.807) is 6.07 Å². The molecule has 1 saturated heterocycles. The quantitative estimate of drug-likeness (QED) is 0.477. The lowest BCUT2D eigenvalue weighted by Crippen LogP contribution is -2.56. The lowest BCUT2D eigenvalue weighted by Gasteiger charge is -2.32. The molecule has 0 unspecified atom stereocenters. The van der Waals surface area contributed by atoms with E-state index in [4.69, 9.17) is 0 Å². The molecule has 0 saturated carbocycles. The van der Waals surface area contributed by atoms with Gasteiger partial charge in [0, 0.05) is 6.54 Å². The van der Waals surface area contributed by atoms with Gasteiger partial charge in [-0.1, -0.05) is 5.16 Å². The van der Waals surface area contributed by atoms with E-state index in [0.29, 0.717) is 16.9 Å². The van der Waals surface area contributed by atoms with E-state index in [9.17, 15) is 27.2 Å². The van der Waals surface area contributed by atoms with E-state index < -0.39 is 44.2 Å². The summed E-state index contributed by atoms with van der Waals surface area (Å²) in [6, 6.07) is 0.984. The first-order chi connectivity index (χ1) is 15.7. The third kappa shape index (κ3) is 5.36. The van der Waals surface area contributed by atoms with Crippen LogP contribution in [0.4, 0.5) is 22.4 Å². The van der Waals surface area contributed by atoms with Crippen LogP contribution in [-0.4, -0.2) is 62.2 Å². The molecule has 0 bridgehead atoms. The SMILES string of the molecule is O=C(NCc1cn2ncc(CN3CC(F)(F)CNC3=O)cc2n1)c1conc1COC(F)F. The van der Waals surface area contributed by atoms with Crippen molar-refractivity contribution in [1.82, 2.24) is 35.3 Å². The minimum atomic E-state index is -3.03. The summed E-state index contributed by atoms with van der Waals surface area (Å²) in [5, 5.41) is 12.3. The summed E-state index contributed by atoms with van der Waals surface area (Å²) in [7, 11) is 0. The number of hydrogen-bond acceptors (Lipinski definition) is 7. The maximum atomic E-state index is 13.6. The van der Waals surface area contributed by atoms with Gasteiger partial charge in [0.05, 0.1) is 44.3 Å².